The van der Waals surface area contributed by atoms with E-state index in [1.165, 1.54) is 0 Å². The van der Waals surface area contributed by atoms with Crippen LogP contribution in [0, 0.1) is 0 Å². The Balaban J connectivity index is 1.95. The lowest BCUT2D eigenvalue weighted by Crippen LogP contribution is -2.15. The zero-order valence-corrected chi connectivity index (χ0v) is 10.0. The fraction of sp³-hybridized carbons (Fsp3) is 0.231. The summed E-state index contributed by atoms with van der Waals surface area (Å²) in [4.78, 5) is 8.60. The Kier molecular flexibility index (Phi) is 2.72. The number of rotatable bonds is 2. The zero-order valence-electron chi connectivity index (χ0n) is 10.0. The number of hydrogen-bond acceptors (Lipinski definition) is 5. The molecule has 0 unspecified atom stereocenters. The molecule has 1 aromatic heterocycles. The molecule has 2 heterocycles. The molecule has 0 spiro atoms. The van der Waals surface area contributed by atoms with E-state index in [2.05, 4.69) is 15.3 Å². The molecular weight excluding hydrogens is 230 g/mol. The summed E-state index contributed by atoms with van der Waals surface area (Å²) in [6.07, 6.45) is 3.50. The molecule has 0 radical (unpaired) electrons. The van der Waals surface area contributed by atoms with Crippen LogP contribution in [0.25, 0.3) is 11.4 Å². The van der Waals surface area contributed by atoms with Gasteiger partial charge in [0.1, 0.15) is 13.2 Å². The average Bonchev–Trinajstić information content (AvgIpc) is 2.47. The van der Waals surface area contributed by atoms with Gasteiger partial charge in [0.15, 0.2) is 17.3 Å². The molecule has 0 saturated carbocycles. The van der Waals surface area contributed by atoms with E-state index >= 15 is 0 Å². The van der Waals surface area contributed by atoms with E-state index in [4.69, 9.17) is 9.47 Å². The monoisotopic (exact) mass is 243 g/mol. The van der Waals surface area contributed by atoms with Crippen LogP contribution in [0.2, 0.25) is 0 Å². The standard InChI is InChI=1S/C13H13N3O2/c1-14-10-7-15-13(16-8-10)9-2-3-11-12(6-9)18-5-4-17-11/h2-3,6-8,14H,4-5H2,1H3. The van der Waals surface area contributed by atoms with Gasteiger partial charge in [0.2, 0.25) is 0 Å². The lowest BCUT2D eigenvalue weighted by molar-refractivity contribution is 0.171. The van der Waals surface area contributed by atoms with Crippen LogP contribution in [0.4, 0.5) is 5.69 Å². The molecule has 1 aromatic carbocycles. The number of ether oxygens (including phenoxy) is 2. The Morgan fingerprint density at radius 2 is 1.78 bits per heavy atom. The molecule has 0 amide bonds. The first-order valence-electron chi connectivity index (χ1n) is 5.76. The topological polar surface area (TPSA) is 56.3 Å². The van der Waals surface area contributed by atoms with Crippen molar-refractivity contribution in [3.63, 3.8) is 0 Å². The SMILES string of the molecule is CNc1cnc(-c2ccc3c(c2)OCCO3)nc1. The van der Waals surface area contributed by atoms with Crippen molar-refractivity contribution in [3.05, 3.63) is 30.6 Å². The lowest BCUT2D eigenvalue weighted by atomic mass is 10.2. The van der Waals surface area contributed by atoms with Gasteiger partial charge in [-0.15, -0.1) is 0 Å². The van der Waals surface area contributed by atoms with E-state index in [-0.39, 0.29) is 0 Å². The second-order valence-corrected chi connectivity index (χ2v) is 3.90. The molecule has 1 aliphatic heterocycles. The minimum Gasteiger partial charge on any atom is -0.486 e. The van der Waals surface area contributed by atoms with Gasteiger partial charge in [0.25, 0.3) is 0 Å². The summed E-state index contributed by atoms with van der Waals surface area (Å²) in [6.45, 7) is 1.18. The van der Waals surface area contributed by atoms with E-state index in [1.54, 1.807) is 12.4 Å². The first kappa shape index (κ1) is 10.8. The Bertz CT molecular complexity index is 555. The highest BCUT2D eigenvalue weighted by Crippen LogP contribution is 2.33. The maximum absolute atomic E-state index is 5.54. The van der Waals surface area contributed by atoms with Gasteiger partial charge in [-0.1, -0.05) is 0 Å². The molecule has 0 bridgehead atoms. The van der Waals surface area contributed by atoms with Crippen molar-refractivity contribution in [1.82, 2.24) is 9.97 Å². The normalized spacial score (nSPS) is 13.2. The van der Waals surface area contributed by atoms with Crippen molar-refractivity contribution >= 4 is 5.69 Å². The summed E-state index contributed by atoms with van der Waals surface area (Å²) in [5.74, 6) is 2.20. The number of aromatic nitrogens is 2. The van der Waals surface area contributed by atoms with Crippen LogP contribution in [0.15, 0.2) is 30.6 Å². The van der Waals surface area contributed by atoms with E-state index in [0.29, 0.717) is 19.0 Å². The third-order valence-corrected chi connectivity index (χ3v) is 2.74. The van der Waals surface area contributed by atoms with Gasteiger partial charge < -0.3 is 14.8 Å². The molecule has 2 aromatic rings. The summed E-state index contributed by atoms with van der Waals surface area (Å²) in [7, 11) is 1.84. The number of benzene rings is 1. The van der Waals surface area contributed by atoms with Crippen LogP contribution in [-0.2, 0) is 0 Å². The maximum Gasteiger partial charge on any atom is 0.162 e. The van der Waals surface area contributed by atoms with Gasteiger partial charge in [-0.2, -0.15) is 0 Å². The van der Waals surface area contributed by atoms with Crippen molar-refractivity contribution < 1.29 is 9.47 Å². The Morgan fingerprint density at radius 1 is 1.06 bits per heavy atom. The van der Waals surface area contributed by atoms with E-state index in [9.17, 15) is 0 Å². The van der Waals surface area contributed by atoms with Gasteiger partial charge in [-0.3, -0.25) is 0 Å². The van der Waals surface area contributed by atoms with Gasteiger partial charge >= 0.3 is 0 Å². The average molecular weight is 243 g/mol. The van der Waals surface area contributed by atoms with Gasteiger partial charge in [0.05, 0.1) is 18.1 Å². The fourth-order valence-electron chi connectivity index (χ4n) is 1.79. The van der Waals surface area contributed by atoms with Crippen LogP contribution in [-0.4, -0.2) is 30.2 Å². The molecule has 0 fully saturated rings. The van der Waals surface area contributed by atoms with Gasteiger partial charge in [-0.05, 0) is 18.2 Å². The summed E-state index contributed by atoms with van der Waals surface area (Å²) < 4.78 is 11.0. The third kappa shape index (κ3) is 1.95. The molecule has 5 nitrogen and oxygen atoms in total. The number of anilines is 1. The lowest BCUT2D eigenvalue weighted by Gasteiger charge is -2.18. The largest absolute Gasteiger partial charge is 0.486 e. The highest BCUT2D eigenvalue weighted by molar-refractivity contribution is 5.61. The molecule has 0 aliphatic carbocycles. The molecule has 1 N–H and O–H groups in total. The van der Waals surface area contributed by atoms with E-state index < -0.39 is 0 Å². The van der Waals surface area contributed by atoms with Crippen molar-refractivity contribution in [2.24, 2.45) is 0 Å². The summed E-state index contributed by atoms with van der Waals surface area (Å²) in [6, 6.07) is 5.73. The maximum atomic E-state index is 5.54. The minimum atomic E-state index is 0.579. The van der Waals surface area contributed by atoms with Crippen LogP contribution < -0.4 is 14.8 Å². The fourth-order valence-corrected chi connectivity index (χ4v) is 1.79. The molecule has 5 heteroatoms. The number of nitrogens with zero attached hydrogens (tertiary/aromatic N) is 2. The zero-order chi connectivity index (χ0) is 12.4. The number of hydrogen-bond donors (Lipinski definition) is 1. The molecule has 92 valence electrons. The summed E-state index contributed by atoms with van der Waals surface area (Å²) in [5.41, 5.74) is 1.80. The van der Waals surface area contributed by atoms with Gasteiger partial charge in [0, 0.05) is 12.6 Å². The Hall–Kier alpha value is -2.30. The van der Waals surface area contributed by atoms with Crippen molar-refractivity contribution in [1.29, 1.82) is 0 Å². The molecule has 18 heavy (non-hydrogen) atoms. The van der Waals surface area contributed by atoms with Crippen LogP contribution in [0.3, 0.4) is 0 Å². The summed E-state index contributed by atoms with van der Waals surface area (Å²) in [5, 5.41) is 2.99. The molecule has 1 aliphatic rings. The second-order valence-electron chi connectivity index (χ2n) is 3.90. The highest BCUT2D eigenvalue weighted by Gasteiger charge is 2.13. The Labute approximate surface area is 105 Å². The number of nitrogens with one attached hydrogen (secondary N) is 1. The van der Waals surface area contributed by atoms with E-state index in [0.717, 1.165) is 22.7 Å². The van der Waals surface area contributed by atoms with Crippen molar-refractivity contribution in [2.75, 3.05) is 25.6 Å². The predicted octanol–water partition coefficient (Wildman–Crippen LogP) is 1.96. The quantitative estimate of drug-likeness (QED) is 0.873. The first-order valence-corrected chi connectivity index (χ1v) is 5.76. The third-order valence-electron chi connectivity index (χ3n) is 2.74. The van der Waals surface area contributed by atoms with Crippen LogP contribution in [0.5, 0.6) is 11.5 Å². The molecule has 3 rings (SSSR count). The molecule has 0 saturated heterocycles. The van der Waals surface area contributed by atoms with Crippen molar-refractivity contribution in [2.45, 2.75) is 0 Å². The van der Waals surface area contributed by atoms with E-state index in [1.807, 2.05) is 25.2 Å². The highest BCUT2D eigenvalue weighted by atomic mass is 16.6. The minimum absolute atomic E-state index is 0.579. The summed E-state index contributed by atoms with van der Waals surface area (Å²) >= 11 is 0. The molecular formula is C13H13N3O2. The predicted molar refractivity (Wildman–Crippen MR) is 68.0 cm³/mol. The number of fused-ring (bicyclic) bond motifs is 1. The molecule has 0 atom stereocenters. The van der Waals surface area contributed by atoms with Crippen LogP contribution >= 0.6 is 0 Å². The Morgan fingerprint density at radius 3 is 2.50 bits per heavy atom. The first-order chi connectivity index (χ1) is 8.86. The van der Waals surface area contributed by atoms with Crippen molar-refractivity contribution in [3.8, 4) is 22.9 Å². The van der Waals surface area contributed by atoms with Crippen LogP contribution in [0.1, 0.15) is 0 Å². The van der Waals surface area contributed by atoms with Gasteiger partial charge in [-0.25, -0.2) is 9.97 Å². The second kappa shape index (κ2) is 4.52. The smallest absolute Gasteiger partial charge is 0.162 e.